The average molecular weight is 223 g/mol. The maximum Gasteiger partial charge on any atom is 0.130 e. The minimum Gasteiger partial charge on any atom is -0.457 e. The molecule has 1 aliphatic carbocycles. The fourth-order valence-electron chi connectivity index (χ4n) is 2.05. The van der Waals surface area contributed by atoms with Gasteiger partial charge in [0, 0.05) is 0 Å². The quantitative estimate of drug-likeness (QED) is 0.746. The largest absolute Gasteiger partial charge is 0.457 e. The van der Waals surface area contributed by atoms with Gasteiger partial charge in [-0.3, -0.25) is 0 Å². The molecule has 2 aromatic rings. The van der Waals surface area contributed by atoms with E-state index >= 15 is 0 Å². The van der Waals surface area contributed by atoms with Crippen molar-refractivity contribution in [1.29, 1.82) is 0 Å². The zero-order valence-electron chi connectivity index (χ0n) is 9.94. The van der Waals surface area contributed by atoms with E-state index in [1.54, 1.807) is 0 Å². The van der Waals surface area contributed by atoms with Crippen molar-refractivity contribution in [3.63, 3.8) is 0 Å². The van der Waals surface area contributed by atoms with E-state index < -0.39 is 0 Å². The first-order valence-corrected chi connectivity index (χ1v) is 6.08. The van der Waals surface area contributed by atoms with Crippen LogP contribution in [0.15, 0.2) is 42.5 Å². The highest BCUT2D eigenvalue weighted by Crippen LogP contribution is 2.45. The van der Waals surface area contributed by atoms with E-state index in [9.17, 15) is 0 Å². The SMILES string of the molecule is Cc1[c]ccc(Oc2ccccc2C2CC2)c1. The fraction of sp³-hybridized carbons (Fsp3) is 0.250. The van der Waals surface area contributed by atoms with Gasteiger partial charge in [0.2, 0.25) is 0 Å². The van der Waals surface area contributed by atoms with Gasteiger partial charge in [0.25, 0.3) is 0 Å². The second-order valence-corrected chi connectivity index (χ2v) is 4.62. The number of rotatable bonds is 3. The Kier molecular flexibility index (Phi) is 2.60. The highest BCUT2D eigenvalue weighted by Gasteiger charge is 2.26. The molecule has 0 aromatic heterocycles. The molecule has 0 heterocycles. The van der Waals surface area contributed by atoms with Crippen LogP contribution in [0, 0.1) is 13.0 Å². The number of benzene rings is 2. The van der Waals surface area contributed by atoms with Gasteiger partial charge in [-0.05, 0) is 61.1 Å². The average Bonchev–Trinajstić information content (AvgIpc) is 3.14. The minimum atomic E-state index is 0.711. The highest BCUT2D eigenvalue weighted by atomic mass is 16.5. The van der Waals surface area contributed by atoms with E-state index in [0.29, 0.717) is 5.92 Å². The minimum absolute atomic E-state index is 0.711. The molecule has 3 rings (SSSR count). The summed E-state index contributed by atoms with van der Waals surface area (Å²) < 4.78 is 5.97. The molecule has 85 valence electrons. The van der Waals surface area contributed by atoms with Crippen molar-refractivity contribution in [3.05, 3.63) is 59.7 Å². The van der Waals surface area contributed by atoms with Gasteiger partial charge < -0.3 is 4.74 Å². The summed E-state index contributed by atoms with van der Waals surface area (Å²) in [4.78, 5) is 0. The van der Waals surface area contributed by atoms with Crippen LogP contribution in [0.4, 0.5) is 0 Å². The Morgan fingerprint density at radius 1 is 1.18 bits per heavy atom. The van der Waals surface area contributed by atoms with Crippen LogP contribution < -0.4 is 4.74 Å². The molecular weight excluding hydrogens is 208 g/mol. The number of hydrogen-bond acceptors (Lipinski definition) is 1. The van der Waals surface area contributed by atoms with Crippen LogP contribution in [0.3, 0.4) is 0 Å². The van der Waals surface area contributed by atoms with E-state index in [1.807, 2.05) is 31.2 Å². The Labute approximate surface area is 102 Å². The number of para-hydroxylation sites is 1. The number of hydrogen-bond donors (Lipinski definition) is 0. The van der Waals surface area contributed by atoms with Gasteiger partial charge in [0.1, 0.15) is 11.5 Å². The van der Waals surface area contributed by atoms with Crippen LogP contribution in [0.2, 0.25) is 0 Å². The summed E-state index contributed by atoms with van der Waals surface area (Å²) in [5.41, 5.74) is 2.45. The van der Waals surface area contributed by atoms with Crippen LogP contribution in [-0.2, 0) is 0 Å². The molecule has 1 radical (unpaired) electrons. The normalized spacial score (nSPS) is 14.6. The third-order valence-electron chi connectivity index (χ3n) is 3.08. The molecule has 2 aromatic carbocycles. The summed E-state index contributed by atoms with van der Waals surface area (Å²) >= 11 is 0. The summed E-state index contributed by atoms with van der Waals surface area (Å²) in [6.45, 7) is 2.03. The van der Waals surface area contributed by atoms with Crippen molar-refractivity contribution >= 4 is 0 Å². The highest BCUT2D eigenvalue weighted by molar-refractivity contribution is 5.42. The standard InChI is InChI=1S/C16H15O/c1-12-5-4-6-14(11-12)17-16-8-3-2-7-15(16)13-9-10-13/h2-4,6-8,11,13H,9-10H2,1H3. The van der Waals surface area contributed by atoms with Gasteiger partial charge in [0.15, 0.2) is 0 Å². The Morgan fingerprint density at radius 2 is 2.00 bits per heavy atom. The molecule has 0 atom stereocenters. The zero-order chi connectivity index (χ0) is 11.7. The monoisotopic (exact) mass is 223 g/mol. The second-order valence-electron chi connectivity index (χ2n) is 4.62. The van der Waals surface area contributed by atoms with Gasteiger partial charge in [0.05, 0.1) is 0 Å². The fourth-order valence-corrected chi connectivity index (χ4v) is 2.05. The predicted molar refractivity (Wildman–Crippen MR) is 68.5 cm³/mol. The van der Waals surface area contributed by atoms with Crippen LogP contribution in [0.1, 0.15) is 29.9 Å². The third-order valence-corrected chi connectivity index (χ3v) is 3.08. The third kappa shape index (κ3) is 2.33. The van der Waals surface area contributed by atoms with E-state index in [1.165, 1.54) is 18.4 Å². The maximum atomic E-state index is 5.97. The van der Waals surface area contributed by atoms with Gasteiger partial charge in [-0.2, -0.15) is 0 Å². The molecule has 0 bridgehead atoms. The molecule has 1 saturated carbocycles. The van der Waals surface area contributed by atoms with Crippen molar-refractivity contribution in [3.8, 4) is 11.5 Å². The van der Waals surface area contributed by atoms with E-state index in [-0.39, 0.29) is 0 Å². The molecular formula is C16H15O. The van der Waals surface area contributed by atoms with E-state index in [0.717, 1.165) is 17.1 Å². The van der Waals surface area contributed by atoms with Gasteiger partial charge in [-0.15, -0.1) is 0 Å². The lowest BCUT2D eigenvalue weighted by molar-refractivity contribution is 0.476. The first kappa shape index (κ1) is 10.4. The molecule has 0 spiro atoms. The summed E-state index contributed by atoms with van der Waals surface area (Å²) in [5.74, 6) is 2.61. The van der Waals surface area contributed by atoms with Crippen molar-refractivity contribution in [2.24, 2.45) is 0 Å². The summed E-state index contributed by atoms with van der Waals surface area (Å²) in [6, 6.07) is 17.4. The molecule has 1 nitrogen and oxygen atoms in total. The second kappa shape index (κ2) is 4.25. The van der Waals surface area contributed by atoms with Crippen molar-refractivity contribution < 1.29 is 4.74 Å². The molecule has 17 heavy (non-hydrogen) atoms. The Hall–Kier alpha value is -1.76. The smallest absolute Gasteiger partial charge is 0.130 e. The van der Waals surface area contributed by atoms with Crippen LogP contribution in [-0.4, -0.2) is 0 Å². The first-order chi connectivity index (χ1) is 8.33. The molecule has 1 heteroatoms. The lowest BCUT2D eigenvalue weighted by Crippen LogP contribution is -1.90. The first-order valence-electron chi connectivity index (χ1n) is 6.08. The Bertz CT molecular complexity index is 527. The Balaban J connectivity index is 1.89. The molecule has 1 fully saturated rings. The van der Waals surface area contributed by atoms with Crippen molar-refractivity contribution in [2.45, 2.75) is 25.7 Å². The molecule has 0 saturated heterocycles. The number of aryl methyl sites for hydroxylation is 1. The van der Waals surface area contributed by atoms with Crippen molar-refractivity contribution in [1.82, 2.24) is 0 Å². The van der Waals surface area contributed by atoms with E-state index in [4.69, 9.17) is 4.74 Å². The lowest BCUT2D eigenvalue weighted by atomic mass is 10.1. The molecule has 1 aliphatic rings. The molecule has 0 aliphatic heterocycles. The van der Waals surface area contributed by atoms with E-state index in [2.05, 4.69) is 24.3 Å². The summed E-state index contributed by atoms with van der Waals surface area (Å²) in [5, 5.41) is 0. The lowest BCUT2D eigenvalue weighted by Gasteiger charge is -2.10. The van der Waals surface area contributed by atoms with Crippen LogP contribution in [0.5, 0.6) is 11.5 Å². The van der Waals surface area contributed by atoms with Gasteiger partial charge in [-0.25, -0.2) is 0 Å². The molecule has 0 N–H and O–H groups in total. The summed E-state index contributed by atoms with van der Waals surface area (Å²) in [7, 11) is 0. The molecule has 0 amide bonds. The predicted octanol–water partition coefficient (Wildman–Crippen LogP) is 4.46. The zero-order valence-corrected chi connectivity index (χ0v) is 9.94. The Morgan fingerprint density at radius 3 is 2.76 bits per heavy atom. The summed E-state index contributed by atoms with van der Waals surface area (Å²) in [6.07, 6.45) is 2.59. The maximum absolute atomic E-state index is 5.97. The van der Waals surface area contributed by atoms with Gasteiger partial charge in [-0.1, -0.05) is 24.3 Å². The van der Waals surface area contributed by atoms with Crippen molar-refractivity contribution in [2.75, 3.05) is 0 Å². The van der Waals surface area contributed by atoms with Crippen LogP contribution >= 0.6 is 0 Å². The molecule has 0 unspecified atom stereocenters. The van der Waals surface area contributed by atoms with Gasteiger partial charge >= 0.3 is 0 Å². The number of ether oxygens (including phenoxy) is 1. The topological polar surface area (TPSA) is 9.23 Å². The van der Waals surface area contributed by atoms with Crippen LogP contribution in [0.25, 0.3) is 0 Å².